The second-order valence-corrected chi connectivity index (χ2v) is 20.9. The van der Waals surface area contributed by atoms with Crippen molar-refractivity contribution < 1.29 is 76.1 Å². The van der Waals surface area contributed by atoms with Crippen LogP contribution in [0, 0.1) is 5.92 Å². The molecule has 4 amide bonds. The third kappa shape index (κ3) is 17.6. The topological polar surface area (TPSA) is 266 Å². The van der Waals surface area contributed by atoms with E-state index < -0.39 is 5.92 Å². The summed E-state index contributed by atoms with van der Waals surface area (Å²) in [6.45, 7) is 4.21. The molecule has 0 saturated carbocycles. The van der Waals surface area contributed by atoms with E-state index in [0.29, 0.717) is 147 Å². The SMILES string of the molecule is COc1ccc(CC2COc3cc(OC)c(OC)c(OC)c3C2=O)cc1OCC(=O)NCCCOc1ccc(C(=O)c2ccc(OCc3cn(CCOCCOCCOCCNC(=O)CCCC[C@@H]4SC[C@@H]5NC(=O)N[C@@H]54)nn3)cc2)cc1. The van der Waals surface area contributed by atoms with Crippen LogP contribution < -0.4 is 59.2 Å². The van der Waals surface area contributed by atoms with E-state index in [1.165, 1.54) is 28.4 Å². The molecule has 1 aromatic heterocycles. The van der Waals surface area contributed by atoms with E-state index in [9.17, 15) is 24.0 Å². The van der Waals surface area contributed by atoms with Crippen LogP contribution in [0.4, 0.5) is 4.79 Å². The van der Waals surface area contributed by atoms with Crippen LogP contribution in [0.25, 0.3) is 0 Å². The summed E-state index contributed by atoms with van der Waals surface area (Å²) in [5.41, 5.74) is 2.70. The number of methoxy groups -OCH3 is 4. The molecule has 2 fully saturated rings. The summed E-state index contributed by atoms with van der Waals surface area (Å²) in [7, 11) is 5.93. The van der Waals surface area contributed by atoms with E-state index in [1.54, 1.807) is 77.6 Å². The number of fused-ring (bicyclic) bond motifs is 2. The van der Waals surface area contributed by atoms with E-state index in [2.05, 4.69) is 31.6 Å². The molecule has 0 aliphatic carbocycles. The number of amides is 4. The van der Waals surface area contributed by atoms with Gasteiger partial charge in [0.25, 0.3) is 5.91 Å². The van der Waals surface area contributed by atoms with Crippen molar-refractivity contribution in [3.63, 3.8) is 0 Å². The van der Waals surface area contributed by atoms with Crippen LogP contribution >= 0.6 is 11.8 Å². The number of carbonyl (C=O) groups excluding carboxylic acids is 5. The highest BCUT2D eigenvalue weighted by Gasteiger charge is 2.42. The third-order valence-electron chi connectivity index (χ3n) is 13.9. The second-order valence-electron chi connectivity index (χ2n) is 19.6. The van der Waals surface area contributed by atoms with Gasteiger partial charge in [-0.2, -0.15) is 11.8 Å². The molecule has 0 bridgehead atoms. The molecule has 23 nitrogen and oxygen atoms in total. The minimum atomic E-state index is -0.526. The summed E-state index contributed by atoms with van der Waals surface area (Å²) in [6.07, 6.45) is 5.88. The van der Waals surface area contributed by atoms with Crippen LogP contribution in [0.1, 0.15) is 69.6 Å². The number of unbranched alkanes of at least 4 members (excludes halogenated alkanes) is 1. The number of nitrogens with one attached hydrogen (secondary N) is 4. The average Bonchev–Trinajstić information content (AvgIpc) is 3.35. The Morgan fingerprint density at radius 2 is 1.40 bits per heavy atom. The van der Waals surface area contributed by atoms with Crippen molar-refractivity contribution in [3.8, 4) is 46.0 Å². The fourth-order valence-corrected chi connectivity index (χ4v) is 11.1. The minimum absolute atomic E-state index is 0.0202. The normalized spacial score (nSPS) is 16.8. The zero-order chi connectivity index (χ0) is 58.3. The number of hydrogen-bond donors (Lipinski definition) is 4. The molecule has 446 valence electrons. The molecule has 24 heteroatoms. The van der Waals surface area contributed by atoms with Crippen LogP contribution in [0.5, 0.6) is 46.0 Å². The molecule has 2 saturated heterocycles. The highest BCUT2D eigenvalue weighted by Crippen LogP contribution is 2.48. The molecule has 4 aromatic carbocycles. The Balaban J connectivity index is 0.631. The molecule has 4 heterocycles. The lowest BCUT2D eigenvalue weighted by Crippen LogP contribution is -2.36. The number of aromatic nitrogens is 3. The summed E-state index contributed by atoms with van der Waals surface area (Å²) >= 11 is 1.89. The van der Waals surface area contributed by atoms with E-state index in [1.807, 2.05) is 17.8 Å². The molecule has 8 rings (SSSR count). The van der Waals surface area contributed by atoms with Crippen LogP contribution in [0.2, 0.25) is 0 Å². The number of nitrogens with zero attached hydrogens (tertiary/aromatic N) is 3. The molecular weight excluding hydrogens is 1090 g/mol. The lowest BCUT2D eigenvalue weighted by Gasteiger charge is -2.27. The molecule has 1 unspecified atom stereocenters. The number of hydrogen-bond acceptors (Lipinski definition) is 19. The van der Waals surface area contributed by atoms with Crippen molar-refractivity contribution in [2.24, 2.45) is 5.92 Å². The van der Waals surface area contributed by atoms with E-state index in [-0.39, 0.29) is 72.6 Å². The van der Waals surface area contributed by atoms with Gasteiger partial charge < -0.3 is 73.4 Å². The smallest absolute Gasteiger partial charge is 0.315 e. The number of thioether (sulfide) groups is 1. The van der Waals surface area contributed by atoms with Crippen LogP contribution in [-0.2, 0) is 43.4 Å². The second kappa shape index (κ2) is 31.6. The van der Waals surface area contributed by atoms with Gasteiger partial charge in [-0.1, -0.05) is 17.7 Å². The van der Waals surface area contributed by atoms with E-state index in [0.717, 1.165) is 30.6 Å². The van der Waals surface area contributed by atoms with Gasteiger partial charge in [0.1, 0.15) is 35.1 Å². The summed E-state index contributed by atoms with van der Waals surface area (Å²) in [4.78, 5) is 63.5. The maximum atomic E-state index is 13.7. The number of ketones is 2. The van der Waals surface area contributed by atoms with Crippen molar-refractivity contribution in [3.05, 3.63) is 107 Å². The predicted octanol–water partition coefficient (Wildman–Crippen LogP) is 5.41. The molecule has 0 spiro atoms. The summed E-state index contributed by atoms with van der Waals surface area (Å²) in [5, 5.41) is 20.4. The van der Waals surface area contributed by atoms with Gasteiger partial charge in [-0.15, -0.1) is 5.10 Å². The van der Waals surface area contributed by atoms with Gasteiger partial charge in [0, 0.05) is 47.7 Å². The van der Waals surface area contributed by atoms with Crippen molar-refractivity contribution in [1.82, 2.24) is 36.3 Å². The largest absolute Gasteiger partial charge is 0.494 e. The first-order valence-electron chi connectivity index (χ1n) is 27.7. The number of benzene rings is 4. The molecular formula is C59H73N7O16S. The van der Waals surface area contributed by atoms with E-state index in [4.69, 9.17) is 52.1 Å². The first-order valence-corrected chi connectivity index (χ1v) is 28.7. The molecule has 0 radical (unpaired) electrons. The van der Waals surface area contributed by atoms with Gasteiger partial charge in [0.05, 0.1) is 112 Å². The van der Waals surface area contributed by atoms with Gasteiger partial charge in [-0.05, 0) is 91.9 Å². The van der Waals surface area contributed by atoms with Gasteiger partial charge in [-0.25, -0.2) is 9.48 Å². The predicted molar refractivity (Wildman–Crippen MR) is 305 cm³/mol. The summed E-state index contributed by atoms with van der Waals surface area (Å²) < 4.78 is 64.1. The molecule has 3 aliphatic heterocycles. The number of rotatable bonds is 36. The van der Waals surface area contributed by atoms with Gasteiger partial charge in [0.2, 0.25) is 11.7 Å². The Morgan fingerprint density at radius 3 is 2.12 bits per heavy atom. The Kier molecular flexibility index (Phi) is 23.3. The standard InChI is InChI=1S/C59H73N7O16S/c1-72-46-19-10-38(30-41-34-81-48-32-49(73-2)57(74-3)58(75-4)53(48)56(41)70)31-47(46)82-36-52(68)60-20-7-23-79-43-15-11-39(12-16-43)55(69)40-13-17-44(18-14-40)80-35-42-33-66(65-64-42)22-25-77-27-29-78-28-26-76-24-21-61-51(67)9-6-5-8-50-54-45(37-83-50)62-59(71)63-54/h10-19,31-33,41,45,50,54H,5-9,20-30,34-37H2,1-4H3,(H,60,68)(H,61,67)(H2,62,63,71)/t41?,45-,50-,54-/m0/s1. The number of carbonyl (C=O) groups is 5. The third-order valence-corrected chi connectivity index (χ3v) is 15.4. The van der Waals surface area contributed by atoms with Crippen molar-refractivity contribution in [2.75, 3.05) is 107 Å². The monoisotopic (exact) mass is 1170 g/mol. The fourth-order valence-electron chi connectivity index (χ4n) is 9.60. The van der Waals surface area contributed by atoms with Crippen molar-refractivity contribution in [1.29, 1.82) is 0 Å². The Labute approximate surface area is 486 Å². The van der Waals surface area contributed by atoms with Crippen molar-refractivity contribution >= 4 is 41.2 Å². The molecule has 3 aliphatic rings. The van der Waals surface area contributed by atoms with Gasteiger partial charge >= 0.3 is 6.03 Å². The van der Waals surface area contributed by atoms with Gasteiger partial charge in [0.15, 0.2) is 41.2 Å². The average molecular weight is 1170 g/mol. The number of urea groups is 1. The Hall–Kier alpha value is -7.80. The summed E-state index contributed by atoms with van der Waals surface area (Å²) in [5.74, 6) is 3.03. The zero-order valence-electron chi connectivity index (χ0n) is 47.2. The maximum Gasteiger partial charge on any atom is 0.315 e. The lowest BCUT2D eigenvalue weighted by atomic mass is 9.88. The molecule has 83 heavy (non-hydrogen) atoms. The molecule has 5 aromatic rings. The van der Waals surface area contributed by atoms with E-state index >= 15 is 0 Å². The zero-order valence-corrected chi connectivity index (χ0v) is 48.1. The van der Waals surface area contributed by atoms with Crippen LogP contribution in [0.15, 0.2) is 79.0 Å². The Morgan fingerprint density at radius 1 is 0.699 bits per heavy atom. The van der Waals surface area contributed by atoms with Crippen LogP contribution in [0.3, 0.4) is 0 Å². The molecule has 4 N–H and O–H groups in total. The maximum absolute atomic E-state index is 13.7. The number of Topliss-reactive ketones (excluding diaryl/α,β-unsaturated/α-hetero) is 1. The highest BCUT2D eigenvalue weighted by atomic mass is 32.2. The molecule has 4 atom stereocenters. The minimum Gasteiger partial charge on any atom is -0.494 e. The quantitative estimate of drug-likeness (QED) is 0.0222. The Bertz CT molecular complexity index is 2950. The first kappa shape index (κ1) is 61.3. The van der Waals surface area contributed by atoms with Gasteiger partial charge in [-0.3, -0.25) is 19.2 Å². The number of ether oxygens (including phenoxy) is 11. The first-order chi connectivity index (χ1) is 40.5. The highest BCUT2D eigenvalue weighted by molar-refractivity contribution is 8.00. The van der Waals surface area contributed by atoms with Crippen LogP contribution in [-0.4, -0.2) is 168 Å². The fraction of sp³-hybridized carbons (Fsp3) is 0.475. The lowest BCUT2D eigenvalue weighted by molar-refractivity contribution is -0.123. The van der Waals surface area contributed by atoms with Crippen molar-refractivity contribution in [2.45, 2.75) is 69.0 Å². The summed E-state index contributed by atoms with van der Waals surface area (Å²) in [6, 6.07) is 21.0.